The van der Waals surface area contributed by atoms with Crippen molar-refractivity contribution in [3.63, 3.8) is 0 Å². The Morgan fingerprint density at radius 1 is 0.966 bits per heavy atom. The van der Waals surface area contributed by atoms with E-state index in [1.807, 2.05) is 0 Å². The van der Waals surface area contributed by atoms with Crippen molar-refractivity contribution in [3.05, 3.63) is 54.1 Å². The van der Waals surface area contributed by atoms with E-state index in [0.717, 1.165) is 19.3 Å². The molecule has 6 heteroatoms. The number of carbonyl (C=O) groups excluding carboxylic acids is 3. The number of esters is 1. The Labute approximate surface area is 169 Å². The van der Waals surface area contributed by atoms with Gasteiger partial charge in [0.05, 0.1) is 30.2 Å². The molecule has 1 saturated heterocycles. The van der Waals surface area contributed by atoms with Crippen LogP contribution in [0.15, 0.2) is 48.5 Å². The fourth-order valence-corrected chi connectivity index (χ4v) is 4.22. The zero-order chi connectivity index (χ0) is 20.5. The third-order valence-corrected chi connectivity index (χ3v) is 5.80. The van der Waals surface area contributed by atoms with Crippen molar-refractivity contribution in [1.29, 1.82) is 0 Å². The fraction of sp³-hybridized carbons (Fsp3) is 0.348. The molecule has 2 fully saturated rings. The van der Waals surface area contributed by atoms with Crippen molar-refractivity contribution < 1.29 is 23.9 Å². The second-order valence-corrected chi connectivity index (χ2v) is 7.76. The van der Waals surface area contributed by atoms with Gasteiger partial charge in [-0.3, -0.25) is 14.5 Å². The van der Waals surface area contributed by atoms with Gasteiger partial charge in [-0.25, -0.2) is 4.79 Å². The van der Waals surface area contributed by atoms with Gasteiger partial charge in [-0.2, -0.15) is 0 Å². The fourth-order valence-electron chi connectivity index (χ4n) is 4.22. The van der Waals surface area contributed by atoms with Gasteiger partial charge in [-0.05, 0) is 67.6 Å². The van der Waals surface area contributed by atoms with E-state index in [0.29, 0.717) is 28.7 Å². The predicted molar refractivity (Wildman–Crippen MR) is 107 cm³/mol. The summed E-state index contributed by atoms with van der Waals surface area (Å²) >= 11 is 0. The van der Waals surface area contributed by atoms with E-state index in [1.54, 1.807) is 48.5 Å². The van der Waals surface area contributed by atoms with Crippen LogP contribution in [-0.4, -0.2) is 24.9 Å². The van der Waals surface area contributed by atoms with Gasteiger partial charge in [0.2, 0.25) is 11.8 Å². The minimum Gasteiger partial charge on any atom is -0.497 e. The lowest BCUT2D eigenvalue weighted by Crippen LogP contribution is -2.30. The first kappa shape index (κ1) is 19.2. The monoisotopic (exact) mass is 393 g/mol. The lowest BCUT2D eigenvalue weighted by molar-refractivity contribution is -0.122. The van der Waals surface area contributed by atoms with Crippen LogP contribution in [0.25, 0.3) is 0 Å². The summed E-state index contributed by atoms with van der Waals surface area (Å²) in [4.78, 5) is 39.2. The van der Waals surface area contributed by atoms with Gasteiger partial charge in [0.15, 0.2) is 0 Å². The Balaban J connectivity index is 1.48. The first-order valence-corrected chi connectivity index (χ1v) is 9.82. The molecule has 2 aromatic rings. The highest BCUT2D eigenvalue weighted by molar-refractivity contribution is 6.22. The van der Waals surface area contributed by atoms with Crippen LogP contribution in [0.5, 0.6) is 11.5 Å². The number of fused-ring (bicyclic) bond motifs is 1. The molecule has 1 heterocycles. The first-order chi connectivity index (χ1) is 14.0. The molecule has 2 amide bonds. The van der Waals surface area contributed by atoms with Gasteiger partial charge in [0.25, 0.3) is 0 Å². The third-order valence-electron chi connectivity index (χ3n) is 5.80. The van der Waals surface area contributed by atoms with Crippen molar-refractivity contribution in [2.24, 2.45) is 17.8 Å². The van der Waals surface area contributed by atoms with Gasteiger partial charge in [0, 0.05) is 0 Å². The Morgan fingerprint density at radius 3 is 2.41 bits per heavy atom. The lowest BCUT2D eigenvalue weighted by Gasteiger charge is -2.25. The van der Waals surface area contributed by atoms with Gasteiger partial charge >= 0.3 is 5.97 Å². The van der Waals surface area contributed by atoms with Gasteiger partial charge in [0.1, 0.15) is 11.5 Å². The number of methoxy groups -OCH3 is 1. The number of carbonyl (C=O) groups is 3. The summed E-state index contributed by atoms with van der Waals surface area (Å²) in [5.74, 6) is 0.210. The maximum absolute atomic E-state index is 12.8. The molecule has 1 aliphatic carbocycles. The average molecular weight is 393 g/mol. The number of hydrogen-bond acceptors (Lipinski definition) is 5. The zero-order valence-electron chi connectivity index (χ0n) is 16.5. The van der Waals surface area contributed by atoms with E-state index < -0.39 is 5.97 Å². The second-order valence-electron chi connectivity index (χ2n) is 7.76. The minimum absolute atomic E-state index is 0.118. The number of amides is 2. The smallest absolute Gasteiger partial charge is 0.343 e. The molecular weight excluding hydrogens is 370 g/mol. The van der Waals surface area contributed by atoms with E-state index in [9.17, 15) is 14.4 Å². The molecule has 1 saturated carbocycles. The highest BCUT2D eigenvalue weighted by Crippen LogP contribution is 2.42. The molecule has 4 rings (SSSR count). The molecule has 0 spiro atoms. The molecule has 2 aliphatic rings. The number of imide groups is 1. The van der Waals surface area contributed by atoms with Crippen LogP contribution in [0.1, 0.15) is 36.5 Å². The predicted octanol–water partition coefficient (Wildman–Crippen LogP) is 3.84. The molecule has 150 valence electrons. The Morgan fingerprint density at radius 2 is 1.69 bits per heavy atom. The first-order valence-electron chi connectivity index (χ1n) is 9.82. The van der Waals surface area contributed by atoms with Crippen LogP contribution in [0.2, 0.25) is 0 Å². The van der Waals surface area contributed by atoms with Gasteiger partial charge in [-0.15, -0.1) is 0 Å². The number of hydrogen-bond donors (Lipinski definition) is 0. The number of ether oxygens (including phenoxy) is 2. The number of nitrogens with zero attached hydrogens (tertiary/aromatic N) is 1. The van der Waals surface area contributed by atoms with Gasteiger partial charge in [-0.1, -0.05) is 13.0 Å². The summed E-state index contributed by atoms with van der Waals surface area (Å²) in [6.45, 7) is 2.13. The molecule has 0 aromatic heterocycles. The molecule has 0 radical (unpaired) electrons. The Hall–Kier alpha value is -3.15. The van der Waals surface area contributed by atoms with Crippen molar-refractivity contribution in [2.75, 3.05) is 12.0 Å². The number of rotatable bonds is 4. The van der Waals surface area contributed by atoms with Gasteiger partial charge < -0.3 is 9.47 Å². The molecule has 29 heavy (non-hydrogen) atoms. The van der Waals surface area contributed by atoms with E-state index in [2.05, 4.69) is 6.92 Å². The van der Waals surface area contributed by atoms with Crippen LogP contribution < -0.4 is 14.4 Å². The lowest BCUT2D eigenvalue weighted by atomic mass is 9.76. The summed E-state index contributed by atoms with van der Waals surface area (Å²) in [7, 11) is 1.53. The highest BCUT2D eigenvalue weighted by atomic mass is 16.5. The van der Waals surface area contributed by atoms with E-state index >= 15 is 0 Å². The third kappa shape index (κ3) is 3.62. The van der Waals surface area contributed by atoms with E-state index in [-0.39, 0.29) is 23.7 Å². The maximum atomic E-state index is 12.8. The largest absolute Gasteiger partial charge is 0.497 e. The number of anilines is 1. The minimum atomic E-state index is -0.509. The SMILES string of the molecule is COc1cccc(C(=O)Oc2ccc(N3C(=O)[C@H]4CC[C@H](C)C[C@H]4C3=O)cc2)c1. The zero-order valence-corrected chi connectivity index (χ0v) is 16.5. The molecule has 0 unspecified atom stereocenters. The van der Waals surface area contributed by atoms with Crippen LogP contribution in [-0.2, 0) is 9.59 Å². The summed E-state index contributed by atoms with van der Waals surface area (Å²) in [6, 6.07) is 13.2. The normalized spacial score (nSPS) is 23.7. The quantitative estimate of drug-likeness (QED) is 0.448. The summed E-state index contributed by atoms with van der Waals surface area (Å²) in [5, 5.41) is 0. The average Bonchev–Trinajstić information content (AvgIpc) is 2.98. The van der Waals surface area contributed by atoms with E-state index in [4.69, 9.17) is 9.47 Å². The molecule has 2 aromatic carbocycles. The summed E-state index contributed by atoms with van der Waals surface area (Å²) in [6.07, 6.45) is 2.51. The van der Waals surface area contributed by atoms with Crippen LogP contribution >= 0.6 is 0 Å². The van der Waals surface area contributed by atoms with Crippen molar-refractivity contribution in [2.45, 2.75) is 26.2 Å². The van der Waals surface area contributed by atoms with Crippen LogP contribution in [0.4, 0.5) is 5.69 Å². The molecule has 0 bridgehead atoms. The standard InChI is InChI=1S/C23H23NO5/c1-14-6-11-19-20(12-14)22(26)24(21(19)25)16-7-9-17(10-8-16)29-23(27)15-4-3-5-18(13-15)28-2/h3-5,7-10,13-14,19-20H,6,11-12H2,1-2H3/t14-,19-,20+/m0/s1. The van der Waals surface area contributed by atoms with E-state index in [1.165, 1.54) is 12.0 Å². The molecule has 1 aliphatic heterocycles. The second kappa shape index (κ2) is 7.70. The van der Waals surface area contributed by atoms with Crippen LogP contribution in [0, 0.1) is 17.8 Å². The van der Waals surface area contributed by atoms with Crippen molar-refractivity contribution >= 4 is 23.5 Å². The summed E-state index contributed by atoms with van der Waals surface area (Å²) < 4.78 is 10.5. The topological polar surface area (TPSA) is 72.9 Å². The molecule has 0 N–H and O–H groups in total. The van der Waals surface area contributed by atoms with Crippen molar-refractivity contribution in [1.82, 2.24) is 0 Å². The molecule has 3 atom stereocenters. The Bertz CT molecular complexity index is 952. The number of benzene rings is 2. The molecular formula is C23H23NO5. The highest BCUT2D eigenvalue weighted by Gasteiger charge is 2.49. The summed E-state index contributed by atoms with van der Waals surface area (Å²) in [5.41, 5.74) is 0.889. The Kier molecular flexibility index (Phi) is 5.09. The van der Waals surface area contributed by atoms with Crippen molar-refractivity contribution in [3.8, 4) is 11.5 Å². The maximum Gasteiger partial charge on any atom is 0.343 e. The molecule has 6 nitrogen and oxygen atoms in total. The van der Waals surface area contributed by atoms with Crippen LogP contribution in [0.3, 0.4) is 0 Å².